The lowest BCUT2D eigenvalue weighted by atomic mass is 9.96. The van der Waals surface area contributed by atoms with Crippen LogP contribution in [0.15, 0.2) is 18.2 Å². The average Bonchev–Trinajstić information content (AvgIpc) is 2.50. The minimum Gasteiger partial charge on any atom is -0.484 e. The molecule has 7 heteroatoms. The molecule has 1 heterocycles. The van der Waals surface area contributed by atoms with Gasteiger partial charge in [-0.15, -0.1) is 0 Å². The molecule has 2 rings (SSSR count). The lowest BCUT2D eigenvalue weighted by Crippen LogP contribution is -2.49. The summed E-state index contributed by atoms with van der Waals surface area (Å²) in [7, 11) is 0. The third-order valence-electron chi connectivity index (χ3n) is 3.56. The second kappa shape index (κ2) is 7.78. The summed E-state index contributed by atoms with van der Waals surface area (Å²) in [6, 6.07) is 5.16. The molecule has 1 aromatic carbocycles. The Morgan fingerprint density at radius 2 is 2.23 bits per heavy atom. The molecule has 122 valence electrons. The molecule has 0 saturated carbocycles. The molecule has 6 nitrogen and oxygen atoms in total. The van der Waals surface area contributed by atoms with Crippen molar-refractivity contribution in [3.8, 4) is 5.75 Å². The standard InChI is InChI=1S/C15H20ClNO5/c1-9-4-11(2-3-12(9)16)22-8-14(19)17-5-10-6-21-7-13(18)15(10)20/h2-4,10,13,15,18,20H,5-8H2,1H3,(H,17,19)/t10-,13-,15+/m1/s1. The van der Waals surface area contributed by atoms with Gasteiger partial charge in [0.05, 0.1) is 19.3 Å². The number of aryl methyl sites for hydroxylation is 1. The first-order valence-electron chi connectivity index (χ1n) is 7.07. The highest BCUT2D eigenvalue weighted by Gasteiger charge is 2.31. The van der Waals surface area contributed by atoms with Gasteiger partial charge in [-0.3, -0.25) is 4.79 Å². The number of amides is 1. The highest BCUT2D eigenvalue weighted by atomic mass is 35.5. The molecule has 1 aliphatic rings. The quantitative estimate of drug-likeness (QED) is 0.732. The van der Waals surface area contributed by atoms with Gasteiger partial charge in [-0.2, -0.15) is 0 Å². The molecule has 0 aliphatic carbocycles. The molecule has 1 aromatic rings. The van der Waals surface area contributed by atoms with E-state index in [4.69, 9.17) is 21.1 Å². The van der Waals surface area contributed by atoms with Crippen LogP contribution in [-0.2, 0) is 9.53 Å². The first-order chi connectivity index (χ1) is 10.5. The zero-order chi connectivity index (χ0) is 16.1. The van der Waals surface area contributed by atoms with Crippen LogP contribution in [0.5, 0.6) is 5.75 Å². The van der Waals surface area contributed by atoms with Crippen LogP contribution in [0.4, 0.5) is 0 Å². The predicted molar refractivity (Wildman–Crippen MR) is 81.0 cm³/mol. The van der Waals surface area contributed by atoms with Crippen molar-refractivity contribution in [3.63, 3.8) is 0 Å². The van der Waals surface area contributed by atoms with Crippen LogP contribution in [0.2, 0.25) is 5.02 Å². The Morgan fingerprint density at radius 3 is 2.95 bits per heavy atom. The largest absolute Gasteiger partial charge is 0.484 e. The summed E-state index contributed by atoms with van der Waals surface area (Å²) in [5.41, 5.74) is 0.871. The van der Waals surface area contributed by atoms with Crippen LogP contribution in [-0.4, -0.2) is 54.7 Å². The number of carbonyl (C=O) groups excluding carboxylic acids is 1. The summed E-state index contributed by atoms with van der Waals surface area (Å²) in [5.74, 6) is -0.0705. The van der Waals surface area contributed by atoms with Gasteiger partial charge in [-0.05, 0) is 30.7 Å². The minimum atomic E-state index is -0.913. The maximum absolute atomic E-state index is 11.8. The van der Waals surface area contributed by atoms with Crippen molar-refractivity contribution in [1.82, 2.24) is 5.32 Å². The Hall–Kier alpha value is -1.34. The highest BCUT2D eigenvalue weighted by Crippen LogP contribution is 2.21. The van der Waals surface area contributed by atoms with E-state index in [-0.39, 0.29) is 31.6 Å². The van der Waals surface area contributed by atoms with Crippen molar-refractivity contribution >= 4 is 17.5 Å². The maximum Gasteiger partial charge on any atom is 0.257 e. The fourth-order valence-electron chi connectivity index (χ4n) is 2.18. The second-order valence-electron chi connectivity index (χ2n) is 5.36. The van der Waals surface area contributed by atoms with Crippen LogP contribution in [0.3, 0.4) is 0 Å². The number of benzene rings is 1. The molecule has 3 N–H and O–H groups in total. The Balaban J connectivity index is 1.74. The summed E-state index contributed by atoms with van der Waals surface area (Å²) >= 11 is 5.91. The van der Waals surface area contributed by atoms with Gasteiger partial charge < -0.3 is 25.0 Å². The van der Waals surface area contributed by atoms with Crippen molar-refractivity contribution in [2.24, 2.45) is 5.92 Å². The number of hydrogen-bond acceptors (Lipinski definition) is 5. The maximum atomic E-state index is 11.8. The van der Waals surface area contributed by atoms with Gasteiger partial charge in [0.1, 0.15) is 11.9 Å². The van der Waals surface area contributed by atoms with E-state index in [1.165, 1.54) is 0 Å². The van der Waals surface area contributed by atoms with E-state index >= 15 is 0 Å². The summed E-state index contributed by atoms with van der Waals surface area (Å²) in [5, 5.41) is 22.6. The molecule has 3 atom stereocenters. The normalized spacial score (nSPS) is 24.8. The Morgan fingerprint density at radius 1 is 1.45 bits per heavy atom. The van der Waals surface area contributed by atoms with E-state index in [2.05, 4.69) is 5.32 Å². The number of rotatable bonds is 5. The van der Waals surface area contributed by atoms with Crippen molar-refractivity contribution < 1.29 is 24.5 Å². The Labute approximate surface area is 134 Å². The minimum absolute atomic E-state index is 0.116. The zero-order valence-corrected chi connectivity index (χ0v) is 13.0. The first kappa shape index (κ1) is 17.0. The summed E-state index contributed by atoms with van der Waals surface area (Å²) < 4.78 is 10.5. The molecule has 1 aliphatic heterocycles. The van der Waals surface area contributed by atoms with Gasteiger partial charge in [-0.25, -0.2) is 0 Å². The van der Waals surface area contributed by atoms with Crippen molar-refractivity contribution in [2.75, 3.05) is 26.4 Å². The first-order valence-corrected chi connectivity index (χ1v) is 7.44. The van der Waals surface area contributed by atoms with Crippen LogP contribution in [0.25, 0.3) is 0 Å². The predicted octanol–water partition coefficient (Wildman–Crippen LogP) is 0.512. The molecule has 1 amide bonds. The zero-order valence-electron chi connectivity index (χ0n) is 12.3. The van der Waals surface area contributed by atoms with Crippen molar-refractivity contribution in [3.05, 3.63) is 28.8 Å². The van der Waals surface area contributed by atoms with Gasteiger partial charge in [-0.1, -0.05) is 11.6 Å². The van der Waals surface area contributed by atoms with E-state index in [0.29, 0.717) is 17.4 Å². The van der Waals surface area contributed by atoms with Gasteiger partial charge in [0, 0.05) is 17.5 Å². The summed E-state index contributed by atoms with van der Waals surface area (Å²) in [4.78, 5) is 11.8. The number of aliphatic hydroxyl groups is 2. The Kier molecular flexibility index (Phi) is 6.02. The van der Waals surface area contributed by atoms with Crippen molar-refractivity contribution in [1.29, 1.82) is 0 Å². The molecular formula is C15H20ClNO5. The van der Waals surface area contributed by atoms with E-state index in [0.717, 1.165) is 5.56 Å². The van der Waals surface area contributed by atoms with E-state index in [9.17, 15) is 15.0 Å². The molecule has 1 fully saturated rings. The highest BCUT2D eigenvalue weighted by molar-refractivity contribution is 6.31. The van der Waals surface area contributed by atoms with Gasteiger partial charge in [0.2, 0.25) is 0 Å². The van der Waals surface area contributed by atoms with Crippen LogP contribution in [0.1, 0.15) is 5.56 Å². The summed E-state index contributed by atoms with van der Waals surface area (Å²) in [6.45, 7) is 2.36. The molecule has 0 unspecified atom stereocenters. The van der Waals surface area contributed by atoms with Crippen LogP contribution >= 0.6 is 11.6 Å². The van der Waals surface area contributed by atoms with Gasteiger partial charge in [0.25, 0.3) is 5.91 Å². The molecule has 0 radical (unpaired) electrons. The third kappa shape index (κ3) is 4.58. The average molecular weight is 330 g/mol. The lowest BCUT2D eigenvalue weighted by Gasteiger charge is -2.31. The number of nitrogens with one attached hydrogen (secondary N) is 1. The number of aliphatic hydroxyl groups excluding tert-OH is 2. The number of ether oxygens (including phenoxy) is 2. The molecule has 22 heavy (non-hydrogen) atoms. The SMILES string of the molecule is Cc1cc(OCC(=O)NC[C@@H]2COC[C@@H](O)[C@H]2O)ccc1Cl. The fourth-order valence-corrected chi connectivity index (χ4v) is 2.30. The van der Waals surface area contributed by atoms with E-state index in [1.54, 1.807) is 18.2 Å². The number of carbonyl (C=O) groups is 1. The van der Waals surface area contributed by atoms with E-state index < -0.39 is 12.2 Å². The lowest BCUT2D eigenvalue weighted by molar-refractivity contribution is -0.129. The molecule has 0 bridgehead atoms. The molecule has 0 aromatic heterocycles. The van der Waals surface area contributed by atoms with Crippen LogP contribution in [0, 0.1) is 12.8 Å². The van der Waals surface area contributed by atoms with Crippen molar-refractivity contribution in [2.45, 2.75) is 19.1 Å². The van der Waals surface area contributed by atoms with Crippen LogP contribution < -0.4 is 10.1 Å². The third-order valence-corrected chi connectivity index (χ3v) is 3.98. The molecule has 1 saturated heterocycles. The molecule has 0 spiro atoms. The number of hydrogen-bond donors (Lipinski definition) is 3. The van der Waals surface area contributed by atoms with Gasteiger partial charge >= 0.3 is 0 Å². The molecular weight excluding hydrogens is 310 g/mol. The smallest absolute Gasteiger partial charge is 0.257 e. The Bertz CT molecular complexity index is 525. The second-order valence-corrected chi connectivity index (χ2v) is 5.77. The topological polar surface area (TPSA) is 88.0 Å². The summed E-state index contributed by atoms with van der Waals surface area (Å²) in [6.07, 6.45) is -1.81. The number of halogens is 1. The van der Waals surface area contributed by atoms with E-state index in [1.807, 2.05) is 6.92 Å². The monoisotopic (exact) mass is 329 g/mol. The fraction of sp³-hybridized carbons (Fsp3) is 0.533. The van der Waals surface area contributed by atoms with Gasteiger partial charge in [0.15, 0.2) is 6.61 Å².